The number of H-pyrrole nitrogens is 1. The van der Waals surface area contributed by atoms with Gasteiger partial charge in [0.1, 0.15) is 11.4 Å². The van der Waals surface area contributed by atoms with Crippen molar-refractivity contribution < 1.29 is 9.53 Å². The number of nitrogens with zero attached hydrogens (tertiary/aromatic N) is 1. The molecule has 6 nitrogen and oxygen atoms in total. The van der Waals surface area contributed by atoms with E-state index in [1.54, 1.807) is 0 Å². The fraction of sp³-hybridized carbons (Fsp3) is 0.636. The molecule has 1 saturated heterocycles. The number of anilines is 1. The molecule has 0 aromatic carbocycles. The standard InChI is InChI=1S/C11H18N4O2/c1-7(8-2-4-17-5-3-8)14-11(16)9-6-13-15-10(9)12/h6-8H,2-5H2,1H3,(H,14,16)(H3,12,13,15). The van der Waals surface area contributed by atoms with Crippen LogP contribution in [0.1, 0.15) is 30.1 Å². The van der Waals surface area contributed by atoms with Crippen LogP contribution in [0.4, 0.5) is 5.82 Å². The van der Waals surface area contributed by atoms with Gasteiger partial charge in [-0.05, 0) is 25.7 Å². The zero-order valence-electron chi connectivity index (χ0n) is 9.90. The number of aromatic nitrogens is 2. The third-order valence-corrected chi connectivity index (χ3v) is 3.25. The molecule has 2 rings (SSSR count). The molecule has 6 heteroatoms. The lowest BCUT2D eigenvalue weighted by atomic mass is 9.93. The second-order valence-corrected chi connectivity index (χ2v) is 4.41. The molecule has 0 saturated carbocycles. The van der Waals surface area contributed by atoms with Crippen molar-refractivity contribution in [3.8, 4) is 0 Å². The lowest BCUT2D eigenvalue weighted by molar-refractivity contribution is 0.0538. The van der Waals surface area contributed by atoms with Crippen molar-refractivity contribution in [1.82, 2.24) is 15.5 Å². The minimum Gasteiger partial charge on any atom is -0.383 e. The summed E-state index contributed by atoms with van der Waals surface area (Å²) in [6, 6.07) is 0.126. The molecule has 0 radical (unpaired) electrons. The number of nitrogen functional groups attached to an aromatic ring is 1. The number of aromatic amines is 1. The number of ether oxygens (including phenoxy) is 1. The summed E-state index contributed by atoms with van der Waals surface area (Å²) in [5, 5.41) is 9.24. The Kier molecular flexibility index (Phi) is 3.63. The Morgan fingerprint density at radius 2 is 2.35 bits per heavy atom. The van der Waals surface area contributed by atoms with Gasteiger partial charge in [0.15, 0.2) is 0 Å². The van der Waals surface area contributed by atoms with Crippen molar-refractivity contribution in [2.75, 3.05) is 18.9 Å². The van der Waals surface area contributed by atoms with Crippen LogP contribution in [0, 0.1) is 5.92 Å². The maximum atomic E-state index is 11.9. The minimum absolute atomic E-state index is 0.126. The fourth-order valence-electron chi connectivity index (χ4n) is 2.10. The molecule has 1 aliphatic rings. The monoisotopic (exact) mass is 238 g/mol. The van der Waals surface area contributed by atoms with Gasteiger partial charge in [0.25, 0.3) is 5.91 Å². The smallest absolute Gasteiger partial charge is 0.256 e. The quantitative estimate of drug-likeness (QED) is 0.716. The van der Waals surface area contributed by atoms with Crippen molar-refractivity contribution in [2.45, 2.75) is 25.8 Å². The Morgan fingerprint density at radius 1 is 1.65 bits per heavy atom. The Balaban J connectivity index is 1.92. The molecule has 1 fully saturated rings. The summed E-state index contributed by atoms with van der Waals surface area (Å²) in [5.41, 5.74) is 6.00. The highest BCUT2D eigenvalue weighted by Gasteiger charge is 2.23. The SMILES string of the molecule is CC(NC(=O)c1cn[nH]c1N)C1CCOCC1. The largest absolute Gasteiger partial charge is 0.383 e. The van der Waals surface area contributed by atoms with E-state index < -0.39 is 0 Å². The van der Waals surface area contributed by atoms with Gasteiger partial charge in [-0.2, -0.15) is 5.10 Å². The van der Waals surface area contributed by atoms with Crippen LogP contribution in [0.3, 0.4) is 0 Å². The highest BCUT2D eigenvalue weighted by molar-refractivity contribution is 5.98. The molecule has 1 aliphatic heterocycles. The van der Waals surface area contributed by atoms with Gasteiger partial charge in [-0.15, -0.1) is 0 Å². The number of nitrogens with one attached hydrogen (secondary N) is 2. The fourth-order valence-corrected chi connectivity index (χ4v) is 2.10. The molecule has 17 heavy (non-hydrogen) atoms. The number of rotatable bonds is 3. The van der Waals surface area contributed by atoms with E-state index in [1.807, 2.05) is 6.92 Å². The molecule has 0 spiro atoms. The summed E-state index contributed by atoms with van der Waals surface area (Å²) < 4.78 is 5.30. The number of hydrogen-bond acceptors (Lipinski definition) is 4. The van der Waals surface area contributed by atoms with E-state index >= 15 is 0 Å². The van der Waals surface area contributed by atoms with E-state index in [-0.39, 0.29) is 11.9 Å². The lowest BCUT2D eigenvalue weighted by Crippen LogP contribution is -2.40. The average molecular weight is 238 g/mol. The normalized spacial score (nSPS) is 18.9. The second kappa shape index (κ2) is 5.18. The van der Waals surface area contributed by atoms with Gasteiger partial charge in [-0.1, -0.05) is 0 Å². The van der Waals surface area contributed by atoms with Crippen LogP contribution < -0.4 is 11.1 Å². The molecule has 1 aromatic rings. The predicted molar refractivity (Wildman–Crippen MR) is 63.5 cm³/mol. The maximum absolute atomic E-state index is 11.9. The van der Waals surface area contributed by atoms with Crippen LogP contribution in [-0.2, 0) is 4.74 Å². The summed E-state index contributed by atoms with van der Waals surface area (Å²) in [6.45, 7) is 3.57. The first-order chi connectivity index (χ1) is 8.18. The maximum Gasteiger partial charge on any atom is 0.256 e. The Morgan fingerprint density at radius 3 is 2.94 bits per heavy atom. The molecule has 1 amide bonds. The van der Waals surface area contributed by atoms with Crippen LogP contribution >= 0.6 is 0 Å². The molecule has 0 aliphatic carbocycles. The third kappa shape index (κ3) is 2.76. The van der Waals surface area contributed by atoms with Crippen LogP contribution in [0.25, 0.3) is 0 Å². The van der Waals surface area contributed by atoms with Crippen LogP contribution in [0.5, 0.6) is 0 Å². The number of amides is 1. The summed E-state index contributed by atoms with van der Waals surface area (Å²) in [4.78, 5) is 11.9. The molecule has 4 N–H and O–H groups in total. The van der Waals surface area contributed by atoms with E-state index in [9.17, 15) is 4.79 Å². The molecule has 1 unspecified atom stereocenters. The van der Waals surface area contributed by atoms with Gasteiger partial charge in [0.05, 0.1) is 6.20 Å². The van der Waals surface area contributed by atoms with Crippen LogP contribution in [-0.4, -0.2) is 35.4 Å². The highest BCUT2D eigenvalue weighted by Crippen LogP contribution is 2.19. The first-order valence-electron chi connectivity index (χ1n) is 5.86. The van der Waals surface area contributed by atoms with E-state index in [0.717, 1.165) is 26.1 Å². The van der Waals surface area contributed by atoms with Crippen molar-refractivity contribution in [1.29, 1.82) is 0 Å². The molecule has 2 heterocycles. The lowest BCUT2D eigenvalue weighted by Gasteiger charge is -2.28. The minimum atomic E-state index is -0.171. The van der Waals surface area contributed by atoms with Gasteiger partial charge in [0.2, 0.25) is 0 Å². The Bertz CT molecular complexity index is 385. The molecule has 0 bridgehead atoms. The number of carbonyl (C=O) groups excluding carboxylic acids is 1. The predicted octanol–water partition coefficient (Wildman–Crippen LogP) is 0.537. The van der Waals surface area contributed by atoms with Crippen LogP contribution in [0.2, 0.25) is 0 Å². The average Bonchev–Trinajstić information content (AvgIpc) is 2.76. The first kappa shape index (κ1) is 11.9. The van der Waals surface area contributed by atoms with Gasteiger partial charge in [0, 0.05) is 19.3 Å². The van der Waals surface area contributed by atoms with Crippen molar-refractivity contribution in [3.05, 3.63) is 11.8 Å². The third-order valence-electron chi connectivity index (χ3n) is 3.25. The molecule has 94 valence electrons. The number of nitrogens with two attached hydrogens (primary N) is 1. The molecule has 1 aromatic heterocycles. The van der Waals surface area contributed by atoms with Crippen molar-refractivity contribution in [2.24, 2.45) is 5.92 Å². The Labute approximate surface area is 99.9 Å². The summed E-state index contributed by atoms with van der Waals surface area (Å²) in [5.74, 6) is 0.609. The molecular weight excluding hydrogens is 220 g/mol. The van der Waals surface area contributed by atoms with Gasteiger partial charge >= 0.3 is 0 Å². The molecular formula is C11H18N4O2. The summed E-state index contributed by atoms with van der Waals surface area (Å²) in [6.07, 6.45) is 3.42. The highest BCUT2D eigenvalue weighted by atomic mass is 16.5. The van der Waals surface area contributed by atoms with E-state index in [4.69, 9.17) is 10.5 Å². The van der Waals surface area contributed by atoms with Crippen LogP contribution in [0.15, 0.2) is 6.20 Å². The van der Waals surface area contributed by atoms with E-state index in [1.165, 1.54) is 6.20 Å². The van der Waals surface area contributed by atoms with E-state index in [0.29, 0.717) is 17.3 Å². The van der Waals surface area contributed by atoms with Crippen molar-refractivity contribution >= 4 is 11.7 Å². The summed E-state index contributed by atoms with van der Waals surface area (Å²) >= 11 is 0. The zero-order chi connectivity index (χ0) is 12.3. The van der Waals surface area contributed by atoms with Gasteiger partial charge in [-0.3, -0.25) is 9.89 Å². The Hall–Kier alpha value is -1.56. The number of carbonyl (C=O) groups is 1. The topological polar surface area (TPSA) is 93.0 Å². The van der Waals surface area contributed by atoms with Gasteiger partial charge < -0.3 is 15.8 Å². The molecule has 1 atom stereocenters. The zero-order valence-corrected chi connectivity index (χ0v) is 9.90. The summed E-state index contributed by atoms with van der Waals surface area (Å²) in [7, 11) is 0. The van der Waals surface area contributed by atoms with Gasteiger partial charge in [-0.25, -0.2) is 0 Å². The number of hydrogen-bond donors (Lipinski definition) is 3. The van der Waals surface area contributed by atoms with E-state index in [2.05, 4.69) is 15.5 Å². The first-order valence-corrected chi connectivity index (χ1v) is 5.86. The second-order valence-electron chi connectivity index (χ2n) is 4.41. The van der Waals surface area contributed by atoms with Crippen molar-refractivity contribution in [3.63, 3.8) is 0 Å².